The van der Waals surface area contributed by atoms with Crippen molar-refractivity contribution >= 4 is 82.1 Å². The van der Waals surface area contributed by atoms with Gasteiger partial charge in [-0.2, -0.15) is 0 Å². The molecule has 10 amide bonds. The predicted molar refractivity (Wildman–Crippen MR) is 308 cm³/mol. The summed E-state index contributed by atoms with van der Waals surface area (Å²) in [5.41, 5.74) is 35.8. The number of aliphatic imine (C=N–C) groups is 3. The van der Waals surface area contributed by atoms with Crippen molar-refractivity contribution in [1.82, 2.24) is 52.8 Å². The summed E-state index contributed by atoms with van der Waals surface area (Å²) in [6.07, 6.45) is 2.29. The van der Waals surface area contributed by atoms with E-state index in [-0.39, 0.29) is 133 Å². The van der Waals surface area contributed by atoms with Crippen LogP contribution in [-0.4, -0.2) is 150 Å². The van der Waals surface area contributed by atoms with E-state index in [1.54, 1.807) is 38.2 Å². The number of guanidine groups is 3. The molecule has 0 spiro atoms. The highest BCUT2D eigenvalue weighted by Crippen LogP contribution is 2.20. The normalized spacial score (nSPS) is 18.5. The number of nitrogens with one attached hydrogen (secondary N) is 10. The Balaban J connectivity index is 1.71. The molecule has 29 heteroatoms. The Bertz CT molecular complexity index is 2740. The largest absolute Gasteiger partial charge is 0.508 e. The number of urea groups is 1. The zero-order chi connectivity index (χ0) is 60.1. The fourth-order valence-corrected chi connectivity index (χ4v) is 8.65. The summed E-state index contributed by atoms with van der Waals surface area (Å²) in [5.74, 6) is -6.87. The second-order valence-corrected chi connectivity index (χ2v) is 20.1. The molecule has 6 atom stereocenters. The van der Waals surface area contributed by atoms with Crippen LogP contribution in [0, 0.1) is 5.92 Å². The smallest absolute Gasteiger partial charge is 0.321 e. The minimum absolute atomic E-state index is 0.00562. The number of aromatic amines is 1. The second kappa shape index (κ2) is 34.1. The lowest BCUT2D eigenvalue weighted by atomic mass is 10.00. The number of benzene rings is 2. The number of aromatic nitrogens is 1. The molecule has 0 radical (unpaired) electrons. The summed E-state index contributed by atoms with van der Waals surface area (Å²) in [7, 11) is 0. The number of carbonyl (C=O) groups is 9. The van der Waals surface area contributed by atoms with Crippen molar-refractivity contribution in [3.8, 4) is 5.75 Å². The zero-order valence-electron chi connectivity index (χ0n) is 46.4. The molecule has 3 aromatic rings. The number of aromatic hydroxyl groups is 1. The van der Waals surface area contributed by atoms with E-state index in [2.05, 4.69) is 67.8 Å². The molecule has 1 aliphatic heterocycles. The van der Waals surface area contributed by atoms with E-state index >= 15 is 0 Å². The molecule has 2 heterocycles. The van der Waals surface area contributed by atoms with Gasteiger partial charge in [-0.25, -0.2) is 4.79 Å². The molecule has 0 bridgehead atoms. The molecule has 0 fully saturated rings. The number of para-hydroxylation sites is 1. The van der Waals surface area contributed by atoms with E-state index in [1.807, 2.05) is 18.2 Å². The summed E-state index contributed by atoms with van der Waals surface area (Å²) in [4.78, 5) is 139. The van der Waals surface area contributed by atoms with Gasteiger partial charge < -0.3 is 87.0 Å². The average Bonchev–Trinajstić information content (AvgIpc) is 3.83. The number of nitrogens with zero attached hydrogens (tertiary/aromatic N) is 3. The van der Waals surface area contributed by atoms with Crippen molar-refractivity contribution in [3.05, 3.63) is 65.9 Å². The first-order valence-electron chi connectivity index (χ1n) is 27.2. The van der Waals surface area contributed by atoms with Gasteiger partial charge >= 0.3 is 6.03 Å². The fourth-order valence-electron chi connectivity index (χ4n) is 8.65. The monoisotopic (exact) mass is 1140 g/mol. The Hall–Kier alpha value is -9.18. The molecule has 3 unspecified atom stereocenters. The maximum Gasteiger partial charge on any atom is 0.321 e. The molecular weight excluding hydrogens is 1060 g/mol. The number of fused-ring (bicyclic) bond motifs is 1. The van der Waals surface area contributed by atoms with Crippen LogP contribution in [0.5, 0.6) is 5.75 Å². The molecule has 4 rings (SSSR count). The van der Waals surface area contributed by atoms with Crippen LogP contribution in [0.15, 0.2) is 69.7 Å². The first-order chi connectivity index (χ1) is 39.1. The Morgan fingerprint density at radius 3 is 2.05 bits per heavy atom. The van der Waals surface area contributed by atoms with Crippen molar-refractivity contribution in [2.75, 3.05) is 32.7 Å². The van der Waals surface area contributed by atoms with Gasteiger partial charge in [-0.1, -0.05) is 44.2 Å². The molecular formula is C53H81N19O10. The molecule has 2 aromatic carbocycles. The molecule has 1 aromatic heterocycles. The van der Waals surface area contributed by atoms with Crippen LogP contribution in [0.4, 0.5) is 4.79 Å². The van der Waals surface area contributed by atoms with Crippen LogP contribution in [0.3, 0.4) is 0 Å². The van der Waals surface area contributed by atoms with E-state index in [0.29, 0.717) is 24.0 Å². The Morgan fingerprint density at radius 2 is 1.37 bits per heavy atom. The summed E-state index contributed by atoms with van der Waals surface area (Å²) < 4.78 is 0. The van der Waals surface area contributed by atoms with Crippen molar-refractivity contribution in [2.24, 2.45) is 55.3 Å². The maximum atomic E-state index is 14.9. The highest BCUT2D eigenvalue weighted by Gasteiger charge is 2.34. The van der Waals surface area contributed by atoms with Crippen LogP contribution in [0.1, 0.15) is 95.6 Å². The third-order valence-electron chi connectivity index (χ3n) is 12.9. The second-order valence-electron chi connectivity index (χ2n) is 20.1. The van der Waals surface area contributed by atoms with Gasteiger partial charge in [0.1, 0.15) is 42.0 Å². The lowest BCUT2D eigenvalue weighted by Gasteiger charge is -2.28. The van der Waals surface area contributed by atoms with Gasteiger partial charge in [-0.05, 0) is 93.0 Å². The number of rotatable bonds is 21. The van der Waals surface area contributed by atoms with Crippen LogP contribution in [0.2, 0.25) is 0 Å². The number of phenols is 1. The maximum absolute atomic E-state index is 14.9. The molecule has 82 heavy (non-hydrogen) atoms. The van der Waals surface area contributed by atoms with Gasteiger partial charge in [-0.15, -0.1) is 0 Å². The number of primary amides is 1. The Labute approximate surface area is 475 Å². The third-order valence-corrected chi connectivity index (χ3v) is 12.9. The van der Waals surface area contributed by atoms with Crippen molar-refractivity contribution in [1.29, 1.82) is 0 Å². The summed E-state index contributed by atoms with van der Waals surface area (Å²) in [5, 5.41) is 34.6. The molecule has 0 aliphatic carbocycles. The number of phenolic OH excluding ortho intramolecular Hbond substituents is 1. The van der Waals surface area contributed by atoms with Gasteiger partial charge in [0.2, 0.25) is 47.3 Å². The fraction of sp³-hybridized carbons (Fsp3) is 0.509. The van der Waals surface area contributed by atoms with Crippen LogP contribution in [-0.2, 0) is 51.2 Å². The van der Waals surface area contributed by atoms with E-state index < -0.39 is 89.5 Å². The number of hydrogen-bond donors (Lipinski definition) is 17. The highest BCUT2D eigenvalue weighted by atomic mass is 16.3. The number of H-pyrrole nitrogens is 1. The van der Waals surface area contributed by atoms with Gasteiger partial charge in [-0.3, -0.25) is 58.7 Å². The highest BCUT2D eigenvalue weighted by molar-refractivity contribution is 5.98. The van der Waals surface area contributed by atoms with Crippen LogP contribution < -0.4 is 82.3 Å². The van der Waals surface area contributed by atoms with E-state index in [1.165, 1.54) is 12.1 Å². The number of hydrogen-bond acceptors (Lipinski definition) is 14. The quantitative estimate of drug-likeness (QED) is 0.0293. The summed E-state index contributed by atoms with van der Waals surface area (Å²) in [6.45, 7) is 4.18. The number of carbonyl (C=O) groups excluding carboxylic acids is 9. The van der Waals surface area contributed by atoms with Gasteiger partial charge in [0, 0.05) is 75.5 Å². The lowest BCUT2D eigenvalue weighted by molar-refractivity contribution is -0.135. The van der Waals surface area contributed by atoms with E-state index in [4.69, 9.17) is 34.4 Å². The van der Waals surface area contributed by atoms with Gasteiger partial charge in [0.15, 0.2) is 17.9 Å². The van der Waals surface area contributed by atoms with Crippen molar-refractivity contribution in [3.63, 3.8) is 0 Å². The molecule has 0 saturated heterocycles. The molecule has 1 aliphatic rings. The van der Waals surface area contributed by atoms with Crippen molar-refractivity contribution < 1.29 is 48.3 Å². The molecule has 0 saturated carbocycles. The Morgan fingerprint density at radius 1 is 0.732 bits per heavy atom. The minimum Gasteiger partial charge on any atom is -0.508 e. The average molecular weight is 1140 g/mol. The summed E-state index contributed by atoms with van der Waals surface area (Å²) in [6, 6.07) is 4.52. The molecule has 29 nitrogen and oxygen atoms in total. The lowest BCUT2D eigenvalue weighted by Crippen LogP contribution is -2.60. The van der Waals surface area contributed by atoms with E-state index in [0.717, 1.165) is 10.9 Å². The first-order valence-corrected chi connectivity index (χ1v) is 27.2. The van der Waals surface area contributed by atoms with Gasteiger partial charge in [0.05, 0.1) is 0 Å². The Kier molecular flexibility index (Phi) is 27.1. The zero-order valence-corrected chi connectivity index (χ0v) is 46.4. The standard InChI is InChI=1S/C53H81N19O10/c1-30(2)26-40(48(80)67-37(13-8-24-62-51(57)58)46(78)69-39(44(54)76)27-31-15-17-33(73)18-16-31)70-47(79)38-14-9-25-63-52(59)72-53(82)64-22-6-5-21-60-42(74)19-20-43(75)66-36(12-7-23-61-50(55)56)45(77)71-41(49(81)68-38)28-32-29-65-35-11-4-3-10-34(32)35/h3-4,10-11,15-18,29-30,36-41,65,73H,5-9,12-14,19-28H2,1-2H3,(H2,54,76)(H,60,74)(H,66,75)(H,67,80)(H,68,81)(H,69,78)(H,70,79)(H,71,77)(H4,55,56,61)(H4,57,58,62)(H4,59,63,64,72,82)/t36?,37-,38?,39-,40-,41?/m0/s1. The van der Waals surface area contributed by atoms with E-state index in [9.17, 15) is 48.3 Å². The predicted octanol–water partition coefficient (Wildman–Crippen LogP) is -2.71. The minimum atomic E-state index is -1.43. The molecule has 23 N–H and O–H groups in total. The van der Waals surface area contributed by atoms with Crippen LogP contribution in [0.25, 0.3) is 10.9 Å². The SMILES string of the molecule is CC(C)C[C@H](NC(=O)C1CCCN=C(N)NC(=O)NCCCCNC(=O)CCC(=O)NC(CCCN=C(N)N)C(=O)NC(Cc2c[nH]c3ccccc23)C(=O)N1)C(=O)N[C@@H](CCCN=C(N)N)C(=O)N[C@@H](Cc1ccc(O)cc1)C(N)=O. The summed E-state index contributed by atoms with van der Waals surface area (Å²) >= 11 is 0. The number of nitrogens with two attached hydrogens (primary N) is 6. The third kappa shape index (κ3) is 24.0. The van der Waals surface area contributed by atoms with Crippen molar-refractivity contribution in [2.45, 2.75) is 134 Å². The number of amides is 10. The molecule has 448 valence electrons. The first kappa shape index (κ1) is 65.3. The van der Waals surface area contributed by atoms with Crippen LogP contribution >= 0.6 is 0 Å². The van der Waals surface area contributed by atoms with Gasteiger partial charge in [0.25, 0.3) is 0 Å². The topological polar surface area (TPSA) is 491 Å².